The molecular weight excluding hydrogens is 327 g/mol. The van der Waals surface area contributed by atoms with Gasteiger partial charge in [0.05, 0.1) is 0 Å². The Morgan fingerprint density at radius 2 is 2.33 bits per heavy atom. The van der Waals surface area contributed by atoms with Crippen molar-refractivity contribution < 1.29 is 4.52 Å². The summed E-state index contributed by atoms with van der Waals surface area (Å²) in [4.78, 5) is 0. The minimum Gasteiger partial charge on any atom is -0.339 e. The van der Waals surface area contributed by atoms with Crippen molar-refractivity contribution in [2.24, 2.45) is 0 Å². The van der Waals surface area contributed by atoms with Crippen LogP contribution in [0, 0.1) is 0 Å². The molecule has 0 saturated carbocycles. The summed E-state index contributed by atoms with van der Waals surface area (Å²) in [6.45, 7) is 0. The van der Waals surface area contributed by atoms with Crippen LogP contribution >= 0.6 is 50.8 Å². The van der Waals surface area contributed by atoms with Gasteiger partial charge in [0, 0.05) is 30.0 Å². The van der Waals surface area contributed by atoms with Crippen LogP contribution in [0.25, 0.3) is 0 Å². The molecule has 1 N–H and O–H groups in total. The Labute approximate surface area is 65.3 Å². The number of halogens is 2. The molecule has 1 unspecified atom stereocenters. The molecule has 6 heavy (non-hydrogen) atoms. The Balaban J connectivity index is 2.75. The zero-order valence-corrected chi connectivity index (χ0v) is 8.32. The van der Waals surface area contributed by atoms with Gasteiger partial charge in [0.25, 0.3) is 0 Å². The van der Waals surface area contributed by atoms with Crippen LogP contribution in [0.15, 0.2) is 0 Å². The standard InChI is InChI=1S/CH4I2NOP/c1-5-6(3)4-2/h4H,1H3. The van der Waals surface area contributed by atoms with E-state index in [2.05, 4.69) is 48.2 Å². The molecule has 5 heteroatoms. The van der Waals surface area contributed by atoms with Gasteiger partial charge in [-0.3, -0.25) is 0 Å². The monoisotopic (exact) mass is 331 g/mol. The van der Waals surface area contributed by atoms with Gasteiger partial charge in [0.15, 0.2) is 5.94 Å². The van der Waals surface area contributed by atoms with E-state index in [4.69, 9.17) is 4.52 Å². The molecule has 1 atom stereocenters. The third kappa shape index (κ3) is 3.98. The van der Waals surface area contributed by atoms with Crippen LogP contribution in [0.1, 0.15) is 0 Å². The number of hydrogen-bond donors (Lipinski definition) is 1. The van der Waals surface area contributed by atoms with E-state index >= 15 is 0 Å². The summed E-state index contributed by atoms with van der Waals surface area (Å²) in [6.07, 6.45) is 0. The topological polar surface area (TPSA) is 21.3 Å². The number of rotatable bonds is 2. The van der Waals surface area contributed by atoms with E-state index < -0.39 is 0 Å². The van der Waals surface area contributed by atoms with Gasteiger partial charge < -0.3 is 4.52 Å². The van der Waals surface area contributed by atoms with Crippen LogP contribution in [0.5, 0.6) is 0 Å². The van der Waals surface area contributed by atoms with Gasteiger partial charge in [-0.25, -0.2) is 3.30 Å². The van der Waals surface area contributed by atoms with Gasteiger partial charge in [-0.1, -0.05) is 0 Å². The van der Waals surface area contributed by atoms with Crippen LogP contribution < -0.4 is 3.30 Å². The summed E-state index contributed by atoms with van der Waals surface area (Å²) < 4.78 is 7.75. The highest BCUT2D eigenvalue weighted by Gasteiger charge is 1.91. The zero-order valence-electron chi connectivity index (χ0n) is 3.11. The first-order valence-corrected chi connectivity index (χ1v) is 6.30. The summed E-state index contributed by atoms with van der Waals surface area (Å²) in [5.41, 5.74) is 0. The van der Waals surface area contributed by atoms with Crippen molar-refractivity contribution in [3.63, 3.8) is 0 Å². The van der Waals surface area contributed by atoms with Gasteiger partial charge in [-0.05, 0) is 22.0 Å². The number of hydrogen-bond acceptors (Lipinski definition) is 2. The Morgan fingerprint density at radius 1 is 1.83 bits per heavy atom. The van der Waals surface area contributed by atoms with Crippen LogP contribution in [0.2, 0.25) is 0 Å². The van der Waals surface area contributed by atoms with Crippen molar-refractivity contribution in [2.45, 2.75) is 0 Å². The molecule has 0 saturated heterocycles. The second kappa shape index (κ2) is 4.96. The van der Waals surface area contributed by atoms with E-state index in [0.717, 1.165) is 0 Å². The zero-order chi connectivity index (χ0) is 4.99. The number of nitrogens with one attached hydrogen (secondary N) is 1. The average molecular weight is 331 g/mol. The molecule has 0 spiro atoms. The van der Waals surface area contributed by atoms with Gasteiger partial charge >= 0.3 is 0 Å². The lowest BCUT2D eigenvalue weighted by molar-refractivity contribution is 0.473. The maximum Gasteiger partial charge on any atom is 0.178 e. The third-order valence-electron chi connectivity index (χ3n) is 0.227. The molecule has 0 amide bonds. The van der Waals surface area contributed by atoms with E-state index in [0.29, 0.717) is 0 Å². The summed E-state index contributed by atoms with van der Waals surface area (Å²) >= 11 is 4.25. The fraction of sp³-hybridized carbons (Fsp3) is 1.00. The normalized spacial score (nSPS) is 14.5. The molecule has 38 valence electrons. The van der Waals surface area contributed by atoms with Gasteiger partial charge in [-0.15, -0.1) is 0 Å². The molecule has 0 heterocycles. The van der Waals surface area contributed by atoms with E-state index in [1.165, 1.54) is 0 Å². The minimum absolute atomic E-state index is 0.369. The van der Waals surface area contributed by atoms with Crippen LogP contribution in [-0.4, -0.2) is 7.11 Å². The molecule has 0 radical (unpaired) electrons. The molecule has 0 aromatic carbocycles. The summed E-state index contributed by atoms with van der Waals surface area (Å²) in [7, 11) is 1.68. The first-order chi connectivity index (χ1) is 2.81. The van der Waals surface area contributed by atoms with Gasteiger partial charge in [0.1, 0.15) is 0 Å². The predicted octanol–water partition coefficient (Wildman–Crippen LogP) is 2.23. The molecule has 0 aliphatic rings. The molecule has 0 aromatic heterocycles. The maximum absolute atomic E-state index is 4.83. The molecule has 2 nitrogen and oxygen atoms in total. The maximum atomic E-state index is 4.83. The van der Waals surface area contributed by atoms with Crippen LogP contribution in [0.3, 0.4) is 0 Å². The lowest BCUT2D eigenvalue weighted by atomic mass is 11.8. The molecule has 0 aliphatic heterocycles. The van der Waals surface area contributed by atoms with Gasteiger partial charge in [0.2, 0.25) is 0 Å². The molecular formula is CH4I2NOP. The van der Waals surface area contributed by atoms with E-state index in [9.17, 15) is 0 Å². The second-order valence-electron chi connectivity index (χ2n) is 0.512. The Bertz CT molecular complexity index is 32.7. The highest BCUT2D eigenvalue weighted by molar-refractivity contribution is 14.2. The fourth-order valence-corrected chi connectivity index (χ4v) is 0.694. The van der Waals surface area contributed by atoms with Crippen molar-refractivity contribution >= 4 is 50.8 Å². The molecule has 0 aromatic rings. The first kappa shape index (κ1) is 7.81. The van der Waals surface area contributed by atoms with Gasteiger partial charge in [-0.2, -0.15) is 0 Å². The Hall–Kier alpha value is 1.81. The molecule has 0 fully saturated rings. The fourth-order valence-electron chi connectivity index (χ4n) is 0.0345. The predicted molar refractivity (Wildman–Crippen MR) is 45.1 cm³/mol. The van der Waals surface area contributed by atoms with Crippen LogP contribution in [-0.2, 0) is 4.52 Å². The minimum atomic E-state index is -0.369. The van der Waals surface area contributed by atoms with Crippen molar-refractivity contribution in [1.29, 1.82) is 0 Å². The van der Waals surface area contributed by atoms with E-state index in [1.807, 2.05) is 0 Å². The van der Waals surface area contributed by atoms with Crippen LogP contribution in [0.4, 0.5) is 0 Å². The van der Waals surface area contributed by atoms with Crippen molar-refractivity contribution in [1.82, 2.24) is 3.30 Å². The summed E-state index contributed by atoms with van der Waals surface area (Å²) in [6, 6.07) is 0. The third-order valence-corrected chi connectivity index (χ3v) is 6.67. The van der Waals surface area contributed by atoms with E-state index in [-0.39, 0.29) is 5.94 Å². The smallest absolute Gasteiger partial charge is 0.178 e. The highest BCUT2D eigenvalue weighted by atomic mass is 127. The lowest BCUT2D eigenvalue weighted by Gasteiger charge is -1.98. The Kier molecular flexibility index (Phi) is 6.45. The first-order valence-electron chi connectivity index (χ1n) is 1.17. The quantitative estimate of drug-likeness (QED) is 0.476. The average Bonchev–Trinajstić information content (AvgIpc) is 1.65. The molecule has 0 bridgehead atoms. The summed E-state index contributed by atoms with van der Waals surface area (Å²) in [5, 5.41) is 0. The van der Waals surface area contributed by atoms with Crippen molar-refractivity contribution in [3.8, 4) is 0 Å². The highest BCUT2D eigenvalue weighted by Crippen LogP contribution is 2.41. The molecule has 0 aliphatic carbocycles. The molecule has 0 rings (SSSR count). The summed E-state index contributed by atoms with van der Waals surface area (Å²) in [5.74, 6) is -0.369. The Morgan fingerprint density at radius 3 is 2.33 bits per heavy atom. The van der Waals surface area contributed by atoms with E-state index in [1.54, 1.807) is 7.11 Å². The van der Waals surface area contributed by atoms with Crippen molar-refractivity contribution in [3.05, 3.63) is 0 Å². The SMILES string of the molecule is COP(I)NI. The van der Waals surface area contributed by atoms with Crippen molar-refractivity contribution in [2.75, 3.05) is 7.11 Å². The second-order valence-corrected chi connectivity index (χ2v) is 5.61. The largest absolute Gasteiger partial charge is 0.339 e. The lowest BCUT2D eigenvalue weighted by Crippen LogP contribution is -1.80.